The molecule has 2 aliphatic rings. The fraction of sp³-hybridized carbons (Fsp3) is 0.550. The number of allylic oxidation sites excluding steroid dienone is 1. The molecule has 26 heavy (non-hydrogen) atoms. The van der Waals surface area contributed by atoms with E-state index in [1.54, 1.807) is 0 Å². The molecule has 1 fully saturated rings. The van der Waals surface area contributed by atoms with Gasteiger partial charge in [-0.1, -0.05) is 28.1 Å². The van der Waals surface area contributed by atoms with Crippen LogP contribution < -0.4 is 5.32 Å². The predicted molar refractivity (Wildman–Crippen MR) is 103 cm³/mol. The summed E-state index contributed by atoms with van der Waals surface area (Å²) in [5.41, 5.74) is 1.13. The molecule has 0 saturated heterocycles. The summed E-state index contributed by atoms with van der Waals surface area (Å²) < 4.78 is 12.7. The minimum Gasteiger partial charge on any atom is -0.459 e. The average molecular weight is 424 g/mol. The first kappa shape index (κ1) is 19.4. The standard InChI is InChI=1S/C20H26BrNO4/c21-16-8-6-14(7-9-16)15-12-18(20(24)22-17-4-3-5-17)26-19(13-15)25-11-2-1-10-23/h6-9,12,15,17,19,23H,1-5,10-11,13H2,(H,22,24)/t15-,19+/m1/s1. The number of carbonyl (C=O) groups excluding carboxylic acids is 1. The average Bonchev–Trinajstić information content (AvgIpc) is 2.62. The second kappa shape index (κ2) is 9.53. The summed E-state index contributed by atoms with van der Waals surface area (Å²) in [4.78, 5) is 12.6. The van der Waals surface area contributed by atoms with Crippen LogP contribution in [-0.2, 0) is 14.3 Å². The topological polar surface area (TPSA) is 67.8 Å². The largest absolute Gasteiger partial charge is 0.459 e. The van der Waals surface area contributed by atoms with E-state index in [-0.39, 0.29) is 24.5 Å². The molecule has 1 saturated carbocycles. The van der Waals surface area contributed by atoms with Crippen LogP contribution in [0.15, 0.2) is 40.6 Å². The van der Waals surface area contributed by atoms with Crippen molar-refractivity contribution in [3.05, 3.63) is 46.1 Å². The van der Waals surface area contributed by atoms with Crippen molar-refractivity contribution in [2.75, 3.05) is 13.2 Å². The molecule has 1 aliphatic heterocycles. The van der Waals surface area contributed by atoms with Crippen molar-refractivity contribution in [2.24, 2.45) is 0 Å². The molecule has 142 valence electrons. The van der Waals surface area contributed by atoms with Crippen molar-refractivity contribution in [1.82, 2.24) is 5.32 Å². The van der Waals surface area contributed by atoms with Gasteiger partial charge in [-0.25, -0.2) is 0 Å². The minimum atomic E-state index is -0.450. The molecular weight excluding hydrogens is 398 g/mol. The maximum absolute atomic E-state index is 12.6. The number of halogens is 1. The van der Waals surface area contributed by atoms with E-state index in [4.69, 9.17) is 14.6 Å². The Kier molecular flexibility index (Phi) is 7.11. The number of hydrogen-bond acceptors (Lipinski definition) is 4. The SMILES string of the molecule is O=C(NC1CCC1)C1=C[C@@H](c2ccc(Br)cc2)C[C@@H](OCCCCO)O1. The van der Waals surface area contributed by atoms with Gasteiger partial charge in [0.2, 0.25) is 6.29 Å². The Hall–Kier alpha value is -1.37. The van der Waals surface area contributed by atoms with Gasteiger partial charge in [0.05, 0.1) is 6.61 Å². The third-order valence-corrected chi connectivity index (χ3v) is 5.40. The van der Waals surface area contributed by atoms with Gasteiger partial charge in [0, 0.05) is 29.5 Å². The van der Waals surface area contributed by atoms with Gasteiger partial charge in [-0.2, -0.15) is 0 Å². The highest BCUT2D eigenvalue weighted by Crippen LogP contribution is 2.32. The van der Waals surface area contributed by atoms with Gasteiger partial charge in [0.1, 0.15) is 0 Å². The lowest BCUT2D eigenvalue weighted by Gasteiger charge is -2.31. The molecule has 2 atom stereocenters. The zero-order valence-electron chi connectivity index (χ0n) is 14.8. The van der Waals surface area contributed by atoms with Gasteiger partial charge in [0.25, 0.3) is 5.91 Å². The molecule has 0 aromatic heterocycles. The van der Waals surface area contributed by atoms with Gasteiger partial charge in [-0.15, -0.1) is 0 Å². The van der Waals surface area contributed by atoms with Crippen LogP contribution in [0.1, 0.15) is 50.0 Å². The molecule has 1 heterocycles. The number of hydrogen-bond donors (Lipinski definition) is 2. The zero-order chi connectivity index (χ0) is 18.4. The number of nitrogens with one attached hydrogen (secondary N) is 1. The van der Waals surface area contributed by atoms with Crippen LogP contribution in [0.5, 0.6) is 0 Å². The highest BCUT2D eigenvalue weighted by Gasteiger charge is 2.30. The predicted octanol–water partition coefficient (Wildman–Crippen LogP) is 3.62. The second-order valence-corrected chi connectivity index (χ2v) is 7.79. The molecule has 0 bridgehead atoms. The van der Waals surface area contributed by atoms with Crippen LogP contribution >= 0.6 is 15.9 Å². The van der Waals surface area contributed by atoms with Crippen LogP contribution in [0.3, 0.4) is 0 Å². The molecule has 1 amide bonds. The monoisotopic (exact) mass is 423 g/mol. The Morgan fingerprint density at radius 1 is 1.27 bits per heavy atom. The summed E-state index contributed by atoms with van der Waals surface area (Å²) in [7, 11) is 0. The van der Waals surface area contributed by atoms with Gasteiger partial charge in [-0.3, -0.25) is 4.79 Å². The quantitative estimate of drug-likeness (QED) is 0.626. The number of ether oxygens (including phenoxy) is 2. The summed E-state index contributed by atoms with van der Waals surface area (Å²) in [6, 6.07) is 8.39. The smallest absolute Gasteiger partial charge is 0.286 e. The van der Waals surface area contributed by atoms with Crippen molar-refractivity contribution < 1.29 is 19.4 Å². The Morgan fingerprint density at radius 3 is 2.69 bits per heavy atom. The van der Waals surface area contributed by atoms with E-state index >= 15 is 0 Å². The molecule has 1 aliphatic carbocycles. The van der Waals surface area contributed by atoms with Crippen LogP contribution in [0, 0.1) is 0 Å². The van der Waals surface area contributed by atoms with E-state index in [0.29, 0.717) is 25.2 Å². The molecule has 6 heteroatoms. The third-order valence-electron chi connectivity index (χ3n) is 4.88. The maximum Gasteiger partial charge on any atom is 0.286 e. The summed E-state index contributed by atoms with van der Waals surface area (Å²) in [6.07, 6.45) is 6.84. The first-order valence-corrected chi connectivity index (χ1v) is 10.1. The second-order valence-electron chi connectivity index (χ2n) is 6.87. The molecule has 5 nitrogen and oxygen atoms in total. The number of carbonyl (C=O) groups is 1. The Bertz CT molecular complexity index is 627. The van der Waals surface area contributed by atoms with Crippen molar-refractivity contribution in [3.8, 4) is 0 Å². The summed E-state index contributed by atoms with van der Waals surface area (Å²) in [6.45, 7) is 0.668. The summed E-state index contributed by atoms with van der Waals surface area (Å²) in [5, 5.41) is 11.9. The van der Waals surface area contributed by atoms with Crippen LogP contribution in [0.25, 0.3) is 0 Å². The van der Waals surface area contributed by atoms with Gasteiger partial charge < -0.3 is 19.9 Å². The van der Waals surface area contributed by atoms with Gasteiger partial charge in [-0.05, 0) is 55.9 Å². The van der Waals surface area contributed by atoms with Gasteiger partial charge >= 0.3 is 0 Å². The van der Waals surface area contributed by atoms with E-state index in [0.717, 1.165) is 29.3 Å². The molecule has 2 N–H and O–H groups in total. The number of aliphatic hydroxyl groups excluding tert-OH is 1. The van der Waals surface area contributed by atoms with Crippen LogP contribution in [0.4, 0.5) is 0 Å². The Labute approximate surface area is 162 Å². The number of aliphatic hydroxyl groups is 1. The first-order chi connectivity index (χ1) is 12.7. The first-order valence-electron chi connectivity index (χ1n) is 9.33. The third kappa shape index (κ3) is 5.32. The Balaban J connectivity index is 1.69. The molecule has 0 spiro atoms. The number of benzene rings is 1. The summed E-state index contributed by atoms with van der Waals surface area (Å²) in [5.74, 6) is 0.269. The number of amides is 1. The van der Waals surface area contributed by atoms with Crippen LogP contribution in [0.2, 0.25) is 0 Å². The van der Waals surface area contributed by atoms with Crippen LogP contribution in [-0.4, -0.2) is 36.6 Å². The van der Waals surface area contributed by atoms with Crippen molar-refractivity contribution >= 4 is 21.8 Å². The minimum absolute atomic E-state index is 0.0711. The van der Waals surface area contributed by atoms with Crippen molar-refractivity contribution in [3.63, 3.8) is 0 Å². The molecule has 0 radical (unpaired) electrons. The fourth-order valence-electron chi connectivity index (χ4n) is 3.10. The van der Waals surface area contributed by atoms with E-state index in [9.17, 15) is 4.79 Å². The maximum atomic E-state index is 12.6. The van der Waals surface area contributed by atoms with Crippen molar-refractivity contribution in [1.29, 1.82) is 0 Å². The molecule has 0 unspecified atom stereocenters. The van der Waals surface area contributed by atoms with E-state index in [1.807, 2.05) is 18.2 Å². The highest BCUT2D eigenvalue weighted by atomic mass is 79.9. The lowest BCUT2D eigenvalue weighted by Crippen LogP contribution is -2.42. The fourth-order valence-corrected chi connectivity index (χ4v) is 3.36. The van der Waals surface area contributed by atoms with E-state index < -0.39 is 6.29 Å². The van der Waals surface area contributed by atoms with Gasteiger partial charge in [0.15, 0.2) is 5.76 Å². The number of unbranched alkanes of at least 4 members (excludes halogenated alkanes) is 1. The van der Waals surface area contributed by atoms with E-state index in [1.165, 1.54) is 6.42 Å². The molecular formula is C20H26BrNO4. The lowest BCUT2D eigenvalue weighted by molar-refractivity contribution is -0.147. The number of rotatable bonds is 8. The Morgan fingerprint density at radius 2 is 2.04 bits per heavy atom. The normalized spacial score (nSPS) is 22.9. The summed E-state index contributed by atoms with van der Waals surface area (Å²) >= 11 is 3.46. The highest BCUT2D eigenvalue weighted by molar-refractivity contribution is 9.10. The molecule has 3 rings (SSSR count). The molecule has 1 aromatic rings. The zero-order valence-corrected chi connectivity index (χ0v) is 16.4. The van der Waals surface area contributed by atoms with E-state index in [2.05, 4.69) is 33.4 Å². The molecule has 1 aromatic carbocycles. The van der Waals surface area contributed by atoms with Crippen molar-refractivity contribution in [2.45, 2.75) is 56.8 Å². The lowest BCUT2D eigenvalue weighted by atomic mass is 9.91.